The van der Waals surface area contributed by atoms with Gasteiger partial charge in [0.25, 0.3) is 0 Å². The second kappa shape index (κ2) is 3.63. The molecule has 1 N–H and O–H groups in total. The molecule has 0 saturated carbocycles. The lowest BCUT2D eigenvalue weighted by atomic mass is 9.86. The van der Waals surface area contributed by atoms with Crippen molar-refractivity contribution in [1.29, 1.82) is 0 Å². The van der Waals surface area contributed by atoms with Gasteiger partial charge in [0.1, 0.15) is 0 Å². The summed E-state index contributed by atoms with van der Waals surface area (Å²) in [5.74, 6) is 0.474. The van der Waals surface area contributed by atoms with E-state index in [1.807, 2.05) is 0 Å². The van der Waals surface area contributed by atoms with E-state index < -0.39 is 0 Å². The van der Waals surface area contributed by atoms with Crippen molar-refractivity contribution in [1.82, 2.24) is 0 Å². The number of fused-ring (bicyclic) bond motifs is 2. The molecule has 1 nitrogen and oxygen atoms in total. The van der Waals surface area contributed by atoms with Crippen LogP contribution in [0.3, 0.4) is 0 Å². The average Bonchev–Trinajstić information content (AvgIpc) is 2.32. The third kappa shape index (κ3) is 1.54. The van der Waals surface area contributed by atoms with E-state index in [0.29, 0.717) is 5.92 Å². The molecule has 1 aliphatic rings. The lowest BCUT2D eigenvalue weighted by molar-refractivity contribution is 0.908. The summed E-state index contributed by atoms with van der Waals surface area (Å²) >= 11 is 0. The minimum atomic E-state index is 0.474. The first-order chi connectivity index (χ1) is 8.16. The van der Waals surface area contributed by atoms with Gasteiger partial charge in [-0.05, 0) is 48.2 Å². The van der Waals surface area contributed by atoms with Gasteiger partial charge >= 0.3 is 0 Å². The van der Waals surface area contributed by atoms with Crippen LogP contribution in [0, 0.1) is 13.8 Å². The third-order valence-electron chi connectivity index (χ3n) is 3.83. The number of rotatable bonds is 0. The number of hydrogen-bond donors (Lipinski definition) is 1. The van der Waals surface area contributed by atoms with Crippen LogP contribution in [-0.4, -0.2) is 0 Å². The van der Waals surface area contributed by atoms with E-state index in [1.165, 1.54) is 33.6 Å². The summed E-state index contributed by atoms with van der Waals surface area (Å²) in [6.07, 6.45) is 0. The summed E-state index contributed by atoms with van der Waals surface area (Å²) < 4.78 is 0. The SMILES string of the molecule is Cc1cc2c(cc1C)[C@H](C)c1ccccc1N2. The van der Waals surface area contributed by atoms with Crippen LogP contribution in [-0.2, 0) is 0 Å². The van der Waals surface area contributed by atoms with E-state index in [2.05, 4.69) is 62.5 Å². The third-order valence-corrected chi connectivity index (χ3v) is 3.83. The molecule has 3 rings (SSSR count). The fourth-order valence-electron chi connectivity index (χ4n) is 2.61. The zero-order chi connectivity index (χ0) is 12.0. The first kappa shape index (κ1) is 10.4. The Hall–Kier alpha value is -1.76. The Morgan fingerprint density at radius 3 is 2.41 bits per heavy atom. The molecular weight excluding hydrogens is 206 g/mol. The van der Waals surface area contributed by atoms with Gasteiger partial charge in [-0.15, -0.1) is 0 Å². The summed E-state index contributed by atoms with van der Waals surface area (Å²) in [5, 5.41) is 3.54. The monoisotopic (exact) mass is 223 g/mol. The van der Waals surface area contributed by atoms with Crippen molar-refractivity contribution in [3.8, 4) is 0 Å². The van der Waals surface area contributed by atoms with Crippen molar-refractivity contribution in [2.45, 2.75) is 26.7 Å². The van der Waals surface area contributed by atoms with E-state index in [-0.39, 0.29) is 0 Å². The molecule has 1 atom stereocenters. The molecule has 2 aromatic carbocycles. The molecule has 0 bridgehead atoms. The highest BCUT2D eigenvalue weighted by atomic mass is 14.9. The Kier molecular flexibility index (Phi) is 2.22. The maximum atomic E-state index is 3.54. The molecule has 0 saturated heterocycles. The maximum absolute atomic E-state index is 3.54. The largest absolute Gasteiger partial charge is 0.355 e. The number of aryl methyl sites for hydroxylation is 2. The van der Waals surface area contributed by atoms with Crippen LogP contribution in [0.1, 0.15) is 35.1 Å². The van der Waals surface area contributed by atoms with Gasteiger partial charge in [0.2, 0.25) is 0 Å². The summed E-state index contributed by atoms with van der Waals surface area (Å²) in [4.78, 5) is 0. The van der Waals surface area contributed by atoms with Gasteiger partial charge in [0, 0.05) is 17.3 Å². The molecule has 17 heavy (non-hydrogen) atoms. The van der Waals surface area contributed by atoms with Crippen LogP contribution in [0.2, 0.25) is 0 Å². The second-order valence-corrected chi connectivity index (χ2v) is 4.96. The van der Waals surface area contributed by atoms with Crippen molar-refractivity contribution in [3.63, 3.8) is 0 Å². The Morgan fingerprint density at radius 1 is 0.882 bits per heavy atom. The number of hydrogen-bond acceptors (Lipinski definition) is 1. The van der Waals surface area contributed by atoms with Gasteiger partial charge in [-0.3, -0.25) is 0 Å². The molecule has 0 aliphatic carbocycles. The second-order valence-electron chi connectivity index (χ2n) is 4.96. The number of para-hydroxylation sites is 1. The fourth-order valence-corrected chi connectivity index (χ4v) is 2.61. The standard InChI is InChI=1S/C16H17N/c1-10-8-14-12(3)13-6-4-5-7-15(13)17-16(14)9-11(10)2/h4-9,12,17H,1-3H3/t12-/m1/s1. The van der Waals surface area contributed by atoms with Crippen LogP contribution < -0.4 is 5.32 Å². The Balaban J connectivity index is 2.20. The molecule has 0 amide bonds. The van der Waals surface area contributed by atoms with E-state index in [0.717, 1.165) is 0 Å². The van der Waals surface area contributed by atoms with Crippen molar-refractivity contribution >= 4 is 11.4 Å². The van der Waals surface area contributed by atoms with Gasteiger partial charge < -0.3 is 5.32 Å². The lowest BCUT2D eigenvalue weighted by Crippen LogP contribution is -2.11. The molecule has 2 aromatic rings. The molecule has 0 spiro atoms. The van der Waals surface area contributed by atoms with Gasteiger partial charge in [0.15, 0.2) is 0 Å². The minimum absolute atomic E-state index is 0.474. The van der Waals surface area contributed by atoms with E-state index in [1.54, 1.807) is 0 Å². The van der Waals surface area contributed by atoms with Crippen molar-refractivity contribution in [2.75, 3.05) is 5.32 Å². The first-order valence-corrected chi connectivity index (χ1v) is 6.14. The van der Waals surface area contributed by atoms with Gasteiger partial charge in [-0.25, -0.2) is 0 Å². The summed E-state index contributed by atoms with van der Waals surface area (Å²) in [6, 6.07) is 13.2. The van der Waals surface area contributed by atoms with E-state index in [4.69, 9.17) is 0 Å². The highest BCUT2D eigenvalue weighted by molar-refractivity contribution is 5.74. The van der Waals surface area contributed by atoms with Crippen molar-refractivity contribution in [3.05, 3.63) is 58.7 Å². The zero-order valence-electron chi connectivity index (χ0n) is 10.5. The smallest absolute Gasteiger partial charge is 0.0425 e. The maximum Gasteiger partial charge on any atom is 0.0425 e. The normalized spacial score (nSPS) is 17.0. The topological polar surface area (TPSA) is 12.0 Å². The molecule has 1 aliphatic heterocycles. The van der Waals surface area contributed by atoms with E-state index >= 15 is 0 Å². The lowest BCUT2D eigenvalue weighted by Gasteiger charge is -2.28. The number of benzene rings is 2. The van der Waals surface area contributed by atoms with Crippen molar-refractivity contribution < 1.29 is 0 Å². The van der Waals surface area contributed by atoms with Gasteiger partial charge in [-0.1, -0.05) is 31.2 Å². The van der Waals surface area contributed by atoms with Crippen LogP contribution in [0.4, 0.5) is 11.4 Å². The Morgan fingerprint density at radius 2 is 1.59 bits per heavy atom. The molecule has 0 aromatic heterocycles. The van der Waals surface area contributed by atoms with Gasteiger partial charge in [-0.2, -0.15) is 0 Å². The molecule has 0 fully saturated rings. The molecule has 1 heteroatoms. The van der Waals surface area contributed by atoms with Gasteiger partial charge in [0.05, 0.1) is 0 Å². The van der Waals surface area contributed by atoms with Crippen molar-refractivity contribution in [2.24, 2.45) is 0 Å². The molecule has 1 heterocycles. The molecule has 0 radical (unpaired) electrons. The fraction of sp³-hybridized carbons (Fsp3) is 0.250. The molecular formula is C16H17N. The highest BCUT2D eigenvalue weighted by Gasteiger charge is 2.21. The Bertz CT molecular complexity index is 584. The highest BCUT2D eigenvalue weighted by Crippen LogP contribution is 2.41. The average molecular weight is 223 g/mol. The van der Waals surface area contributed by atoms with Crippen LogP contribution in [0.15, 0.2) is 36.4 Å². The van der Waals surface area contributed by atoms with Crippen LogP contribution in [0.25, 0.3) is 0 Å². The molecule has 86 valence electrons. The summed E-state index contributed by atoms with van der Waals surface area (Å²) in [5.41, 5.74) is 8.03. The van der Waals surface area contributed by atoms with E-state index in [9.17, 15) is 0 Å². The predicted octanol–water partition coefficient (Wildman–Crippen LogP) is 4.51. The predicted molar refractivity (Wildman–Crippen MR) is 73.2 cm³/mol. The quantitative estimate of drug-likeness (QED) is 0.692. The van der Waals surface area contributed by atoms with Crippen LogP contribution >= 0.6 is 0 Å². The first-order valence-electron chi connectivity index (χ1n) is 6.14. The number of anilines is 2. The summed E-state index contributed by atoms with van der Waals surface area (Å²) in [7, 11) is 0. The van der Waals surface area contributed by atoms with Crippen LogP contribution in [0.5, 0.6) is 0 Å². The Labute approximate surface area is 102 Å². The summed E-state index contributed by atoms with van der Waals surface area (Å²) in [6.45, 7) is 6.64. The number of nitrogens with one attached hydrogen (secondary N) is 1. The molecule has 0 unspecified atom stereocenters. The zero-order valence-corrected chi connectivity index (χ0v) is 10.5. The minimum Gasteiger partial charge on any atom is -0.355 e.